The van der Waals surface area contributed by atoms with Gasteiger partial charge in [-0.05, 0) is 81.0 Å². The molecule has 0 radical (unpaired) electrons. The van der Waals surface area contributed by atoms with Gasteiger partial charge >= 0.3 is 0 Å². The average Bonchev–Trinajstić information content (AvgIpc) is 3.24. The van der Waals surface area contributed by atoms with Crippen molar-refractivity contribution < 1.29 is 4.39 Å². The molecule has 1 aromatic rings. The smallest absolute Gasteiger partial charge is 0.123 e. The van der Waals surface area contributed by atoms with Crippen LogP contribution in [-0.2, 0) is 6.42 Å². The normalized spacial score (nSPS) is 20.8. The summed E-state index contributed by atoms with van der Waals surface area (Å²) in [4.78, 5) is 0. The predicted octanol–water partition coefficient (Wildman–Crippen LogP) is 3.78. The highest BCUT2D eigenvalue weighted by atomic mass is 19.1. The molecular formula is C17H24FN. The van der Waals surface area contributed by atoms with Gasteiger partial charge in [0.15, 0.2) is 0 Å². The van der Waals surface area contributed by atoms with Gasteiger partial charge in [-0.2, -0.15) is 0 Å². The first-order valence-electron chi connectivity index (χ1n) is 7.70. The largest absolute Gasteiger partial charge is 0.314 e. The average molecular weight is 261 g/mol. The molecule has 2 saturated carbocycles. The molecule has 1 N–H and O–H groups in total. The number of halogens is 1. The second kappa shape index (κ2) is 5.62. The van der Waals surface area contributed by atoms with Gasteiger partial charge in [-0.25, -0.2) is 4.39 Å². The van der Waals surface area contributed by atoms with Gasteiger partial charge in [0.2, 0.25) is 0 Å². The SMILES string of the molecule is CC(Cc1cccc(F)c1)NCC(C1CC1)C1CC1. The topological polar surface area (TPSA) is 12.0 Å². The summed E-state index contributed by atoms with van der Waals surface area (Å²) in [6.45, 7) is 3.37. The Morgan fingerprint density at radius 2 is 1.89 bits per heavy atom. The highest BCUT2D eigenvalue weighted by Gasteiger charge is 2.40. The zero-order valence-electron chi connectivity index (χ0n) is 11.7. The van der Waals surface area contributed by atoms with E-state index in [1.54, 1.807) is 12.1 Å². The minimum absolute atomic E-state index is 0.126. The maximum absolute atomic E-state index is 13.1. The van der Waals surface area contributed by atoms with Crippen LogP contribution in [0.3, 0.4) is 0 Å². The van der Waals surface area contributed by atoms with E-state index in [4.69, 9.17) is 0 Å². The van der Waals surface area contributed by atoms with Crippen LogP contribution >= 0.6 is 0 Å². The van der Waals surface area contributed by atoms with Gasteiger partial charge in [-0.1, -0.05) is 12.1 Å². The molecule has 0 bridgehead atoms. The van der Waals surface area contributed by atoms with Crippen LogP contribution in [-0.4, -0.2) is 12.6 Å². The molecule has 1 unspecified atom stereocenters. The predicted molar refractivity (Wildman–Crippen MR) is 76.5 cm³/mol. The number of nitrogens with one attached hydrogen (secondary N) is 1. The summed E-state index contributed by atoms with van der Waals surface area (Å²) in [6, 6.07) is 7.41. The second-order valence-electron chi connectivity index (χ2n) is 6.48. The number of hydrogen-bond donors (Lipinski definition) is 1. The summed E-state index contributed by atoms with van der Waals surface area (Å²) in [7, 11) is 0. The molecule has 1 nitrogen and oxygen atoms in total. The number of rotatable bonds is 7. The molecule has 0 amide bonds. The van der Waals surface area contributed by atoms with Crippen molar-refractivity contribution in [2.75, 3.05) is 6.54 Å². The summed E-state index contributed by atoms with van der Waals surface area (Å²) >= 11 is 0. The summed E-state index contributed by atoms with van der Waals surface area (Å²) < 4.78 is 13.1. The molecule has 2 heteroatoms. The Balaban J connectivity index is 1.46. The molecule has 1 atom stereocenters. The molecule has 104 valence electrons. The Bertz CT molecular complexity index is 411. The third-order valence-corrected chi connectivity index (χ3v) is 4.59. The molecule has 2 fully saturated rings. The minimum atomic E-state index is -0.126. The Morgan fingerprint density at radius 3 is 2.47 bits per heavy atom. The minimum Gasteiger partial charge on any atom is -0.314 e. The van der Waals surface area contributed by atoms with Crippen molar-refractivity contribution in [3.05, 3.63) is 35.6 Å². The van der Waals surface area contributed by atoms with Gasteiger partial charge < -0.3 is 5.32 Å². The van der Waals surface area contributed by atoms with E-state index in [2.05, 4.69) is 12.2 Å². The fourth-order valence-electron chi connectivity index (χ4n) is 3.19. The third kappa shape index (κ3) is 3.79. The van der Waals surface area contributed by atoms with Crippen LogP contribution in [0.2, 0.25) is 0 Å². The fraction of sp³-hybridized carbons (Fsp3) is 0.647. The Morgan fingerprint density at radius 1 is 1.21 bits per heavy atom. The van der Waals surface area contributed by atoms with Gasteiger partial charge in [-0.3, -0.25) is 0 Å². The van der Waals surface area contributed by atoms with Crippen LogP contribution in [0.4, 0.5) is 4.39 Å². The van der Waals surface area contributed by atoms with Crippen molar-refractivity contribution in [1.29, 1.82) is 0 Å². The summed E-state index contributed by atoms with van der Waals surface area (Å²) in [5.41, 5.74) is 1.09. The van der Waals surface area contributed by atoms with Gasteiger partial charge in [0.25, 0.3) is 0 Å². The lowest BCUT2D eigenvalue weighted by molar-refractivity contribution is 0.359. The van der Waals surface area contributed by atoms with E-state index >= 15 is 0 Å². The van der Waals surface area contributed by atoms with Crippen molar-refractivity contribution in [3.8, 4) is 0 Å². The van der Waals surface area contributed by atoms with Crippen LogP contribution < -0.4 is 5.32 Å². The van der Waals surface area contributed by atoms with E-state index in [-0.39, 0.29) is 5.82 Å². The summed E-state index contributed by atoms with van der Waals surface area (Å²) in [5.74, 6) is 2.79. The van der Waals surface area contributed by atoms with Gasteiger partial charge in [-0.15, -0.1) is 0 Å². The van der Waals surface area contributed by atoms with Crippen LogP contribution in [0.15, 0.2) is 24.3 Å². The van der Waals surface area contributed by atoms with Crippen molar-refractivity contribution in [1.82, 2.24) is 5.32 Å². The maximum Gasteiger partial charge on any atom is 0.123 e. The third-order valence-electron chi connectivity index (χ3n) is 4.59. The zero-order chi connectivity index (χ0) is 13.2. The first-order valence-corrected chi connectivity index (χ1v) is 7.70. The molecule has 0 aliphatic heterocycles. The molecule has 0 heterocycles. The summed E-state index contributed by atoms with van der Waals surface area (Å²) in [5, 5.41) is 3.67. The van der Waals surface area contributed by atoms with Gasteiger partial charge in [0.05, 0.1) is 0 Å². The van der Waals surface area contributed by atoms with Crippen LogP contribution in [0.5, 0.6) is 0 Å². The second-order valence-corrected chi connectivity index (χ2v) is 6.48. The standard InChI is InChI=1S/C17H24FN/c1-12(9-13-3-2-4-16(18)10-13)19-11-17(14-5-6-14)15-7-8-15/h2-4,10,12,14-15,17,19H,5-9,11H2,1H3. The molecule has 1 aromatic carbocycles. The van der Waals surface area contributed by atoms with Crippen molar-refractivity contribution in [3.63, 3.8) is 0 Å². The van der Waals surface area contributed by atoms with Crippen molar-refractivity contribution >= 4 is 0 Å². The highest BCUT2D eigenvalue weighted by molar-refractivity contribution is 5.17. The van der Waals surface area contributed by atoms with E-state index in [1.807, 2.05) is 6.07 Å². The molecule has 19 heavy (non-hydrogen) atoms. The zero-order valence-corrected chi connectivity index (χ0v) is 11.7. The summed E-state index contributed by atoms with van der Waals surface area (Å²) in [6.07, 6.45) is 6.70. The quantitative estimate of drug-likeness (QED) is 0.787. The number of benzene rings is 1. The highest BCUT2D eigenvalue weighted by Crippen LogP contribution is 2.48. The van der Waals surface area contributed by atoms with Crippen LogP contribution in [0.25, 0.3) is 0 Å². The lowest BCUT2D eigenvalue weighted by atomic mass is 9.97. The molecular weight excluding hydrogens is 237 g/mol. The molecule has 2 aliphatic carbocycles. The monoisotopic (exact) mass is 261 g/mol. The van der Waals surface area contributed by atoms with Crippen LogP contribution in [0, 0.1) is 23.6 Å². The first kappa shape index (κ1) is 13.1. The lowest BCUT2D eigenvalue weighted by Crippen LogP contribution is -2.34. The van der Waals surface area contributed by atoms with Crippen LogP contribution in [0.1, 0.15) is 38.2 Å². The van der Waals surface area contributed by atoms with Crippen molar-refractivity contribution in [2.45, 2.75) is 45.1 Å². The van der Waals surface area contributed by atoms with E-state index in [0.717, 1.165) is 36.3 Å². The van der Waals surface area contributed by atoms with E-state index < -0.39 is 0 Å². The Labute approximate surface area is 115 Å². The van der Waals surface area contributed by atoms with E-state index in [0.29, 0.717) is 6.04 Å². The fourth-order valence-corrected chi connectivity index (χ4v) is 3.19. The van der Waals surface area contributed by atoms with Gasteiger partial charge in [0, 0.05) is 6.04 Å². The van der Waals surface area contributed by atoms with E-state index in [1.165, 1.54) is 31.7 Å². The maximum atomic E-state index is 13.1. The molecule has 2 aliphatic rings. The Kier molecular flexibility index (Phi) is 3.88. The van der Waals surface area contributed by atoms with Crippen molar-refractivity contribution in [2.24, 2.45) is 17.8 Å². The Hall–Kier alpha value is -0.890. The van der Waals surface area contributed by atoms with Gasteiger partial charge in [0.1, 0.15) is 5.82 Å². The van der Waals surface area contributed by atoms with E-state index in [9.17, 15) is 4.39 Å². The molecule has 0 spiro atoms. The molecule has 3 rings (SSSR count). The number of hydrogen-bond acceptors (Lipinski definition) is 1. The molecule has 0 saturated heterocycles. The molecule has 0 aromatic heterocycles. The first-order chi connectivity index (χ1) is 9.22. The lowest BCUT2D eigenvalue weighted by Gasteiger charge is -2.20.